The summed E-state index contributed by atoms with van der Waals surface area (Å²) >= 11 is 1.26. The van der Waals surface area contributed by atoms with Gasteiger partial charge in [0.25, 0.3) is 11.5 Å². The Labute approximate surface area is 137 Å². The molecule has 1 amide bonds. The predicted molar refractivity (Wildman–Crippen MR) is 87.1 cm³/mol. The fraction of sp³-hybridized carbons (Fsp3) is 0.467. The first kappa shape index (κ1) is 14.4. The first-order valence-electron chi connectivity index (χ1n) is 7.66. The van der Waals surface area contributed by atoms with E-state index in [9.17, 15) is 9.59 Å². The summed E-state index contributed by atoms with van der Waals surface area (Å²) < 4.78 is 5.86. The molecule has 1 fully saturated rings. The molecular formula is C15H17N5O2S. The number of amides is 1. The van der Waals surface area contributed by atoms with Crippen LogP contribution >= 0.6 is 11.5 Å². The molecule has 2 aliphatic heterocycles. The van der Waals surface area contributed by atoms with Gasteiger partial charge in [0, 0.05) is 55.9 Å². The van der Waals surface area contributed by atoms with Gasteiger partial charge in [-0.15, -0.1) is 5.10 Å². The van der Waals surface area contributed by atoms with Crippen LogP contribution in [0.15, 0.2) is 23.0 Å². The topological polar surface area (TPSA) is 80.1 Å². The number of aromatic nitrogens is 3. The largest absolute Gasteiger partial charge is 0.359 e. The van der Waals surface area contributed by atoms with Crippen molar-refractivity contribution in [3.05, 3.63) is 39.9 Å². The Bertz CT molecular complexity index is 814. The molecule has 4 rings (SSSR count). The first-order valence-corrected chi connectivity index (χ1v) is 8.44. The Morgan fingerprint density at radius 2 is 2.22 bits per heavy atom. The Hall–Kier alpha value is -2.22. The van der Waals surface area contributed by atoms with Gasteiger partial charge in [0.1, 0.15) is 5.00 Å². The van der Waals surface area contributed by atoms with E-state index in [4.69, 9.17) is 0 Å². The van der Waals surface area contributed by atoms with Crippen molar-refractivity contribution in [1.29, 1.82) is 0 Å². The van der Waals surface area contributed by atoms with Gasteiger partial charge in [-0.2, -0.15) is 0 Å². The highest BCUT2D eigenvalue weighted by Gasteiger charge is 2.36. The summed E-state index contributed by atoms with van der Waals surface area (Å²) in [5.41, 5.74) is 1.57. The van der Waals surface area contributed by atoms with E-state index in [2.05, 4.69) is 19.8 Å². The summed E-state index contributed by atoms with van der Waals surface area (Å²) in [6.45, 7) is 2.35. The van der Waals surface area contributed by atoms with Gasteiger partial charge in [0.15, 0.2) is 5.69 Å². The Morgan fingerprint density at radius 3 is 3.04 bits per heavy atom. The number of carbonyl (C=O) groups is 1. The maximum absolute atomic E-state index is 12.1. The maximum Gasteiger partial charge on any atom is 0.274 e. The molecule has 1 N–H and O–H groups in total. The van der Waals surface area contributed by atoms with Crippen LogP contribution in [0.4, 0.5) is 5.00 Å². The summed E-state index contributed by atoms with van der Waals surface area (Å²) in [5, 5.41) is 7.41. The van der Waals surface area contributed by atoms with Crippen molar-refractivity contribution >= 4 is 22.4 Å². The van der Waals surface area contributed by atoms with Gasteiger partial charge in [0.05, 0.1) is 0 Å². The Balaban J connectivity index is 1.68. The van der Waals surface area contributed by atoms with Crippen LogP contribution in [-0.4, -0.2) is 40.2 Å². The Morgan fingerprint density at radius 1 is 1.35 bits per heavy atom. The molecule has 1 saturated heterocycles. The number of carbonyl (C=O) groups excluding carboxylic acids is 1. The van der Waals surface area contributed by atoms with Crippen LogP contribution in [-0.2, 0) is 6.54 Å². The maximum atomic E-state index is 12.1. The number of piperidine rings is 1. The number of fused-ring (bicyclic) bond motifs is 4. The molecule has 0 saturated carbocycles. The second-order valence-corrected chi connectivity index (χ2v) is 6.84. The molecule has 0 aliphatic carbocycles. The van der Waals surface area contributed by atoms with E-state index in [0.29, 0.717) is 17.5 Å². The number of pyridine rings is 1. The molecule has 2 aromatic heterocycles. The van der Waals surface area contributed by atoms with Crippen molar-refractivity contribution in [1.82, 2.24) is 19.5 Å². The van der Waals surface area contributed by atoms with Crippen molar-refractivity contribution in [3.8, 4) is 0 Å². The van der Waals surface area contributed by atoms with Crippen LogP contribution in [0.25, 0.3) is 0 Å². The van der Waals surface area contributed by atoms with Gasteiger partial charge >= 0.3 is 0 Å². The van der Waals surface area contributed by atoms with Gasteiger partial charge in [-0.1, -0.05) is 10.6 Å². The van der Waals surface area contributed by atoms with Crippen LogP contribution in [0.5, 0.6) is 0 Å². The fourth-order valence-corrected chi connectivity index (χ4v) is 4.40. The zero-order valence-electron chi connectivity index (χ0n) is 12.7. The van der Waals surface area contributed by atoms with E-state index in [-0.39, 0.29) is 11.5 Å². The standard InChI is InChI=1S/C15H17N5O2S/c1-16-14(22)13-15(23-18-17-13)19-6-9-5-10(8-19)11-3-2-4-12(21)20(11)7-9/h2-4,9-10H,5-8H2,1H3,(H,16,22)/t9-,10-/m0/s1. The molecule has 120 valence electrons. The molecule has 2 aromatic rings. The first-order chi connectivity index (χ1) is 11.2. The van der Waals surface area contributed by atoms with Gasteiger partial charge in [-0.3, -0.25) is 9.59 Å². The average molecular weight is 331 g/mol. The van der Waals surface area contributed by atoms with Crippen LogP contribution in [0.1, 0.15) is 28.5 Å². The highest BCUT2D eigenvalue weighted by Crippen LogP contribution is 2.38. The second-order valence-electron chi connectivity index (χ2n) is 6.11. The van der Waals surface area contributed by atoms with Crippen molar-refractivity contribution in [2.75, 3.05) is 25.0 Å². The molecule has 2 atom stereocenters. The third-order valence-electron chi connectivity index (χ3n) is 4.68. The third-order valence-corrected chi connectivity index (χ3v) is 5.47. The molecule has 0 radical (unpaired) electrons. The minimum absolute atomic E-state index is 0.0798. The predicted octanol–water partition coefficient (Wildman–Crippen LogP) is 0.683. The minimum atomic E-state index is -0.207. The molecule has 4 heterocycles. The lowest BCUT2D eigenvalue weighted by molar-refractivity contribution is 0.0958. The van der Waals surface area contributed by atoms with Crippen LogP contribution in [0.3, 0.4) is 0 Å². The molecule has 2 bridgehead atoms. The molecule has 7 nitrogen and oxygen atoms in total. The van der Waals surface area contributed by atoms with E-state index < -0.39 is 0 Å². The lowest BCUT2D eigenvalue weighted by atomic mass is 9.83. The van der Waals surface area contributed by atoms with Crippen molar-refractivity contribution in [2.45, 2.75) is 18.9 Å². The summed E-state index contributed by atoms with van der Waals surface area (Å²) in [7, 11) is 1.60. The molecule has 0 aromatic carbocycles. The number of nitrogens with zero attached hydrogens (tertiary/aromatic N) is 4. The highest BCUT2D eigenvalue weighted by molar-refractivity contribution is 7.10. The minimum Gasteiger partial charge on any atom is -0.359 e. The number of hydrogen-bond donors (Lipinski definition) is 1. The number of nitrogens with one attached hydrogen (secondary N) is 1. The highest BCUT2D eigenvalue weighted by atomic mass is 32.1. The van der Waals surface area contributed by atoms with E-state index in [1.807, 2.05) is 16.7 Å². The molecule has 8 heteroatoms. The fourth-order valence-electron chi connectivity index (χ4n) is 3.72. The van der Waals surface area contributed by atoms with Crippen LogP contribution < -0.4 is 15.8 Å². The molecule has 2 aliphatic rings. The number of rotatable bonds is 2. The van der Waals surface area contributed by atoms with Crippen molar-refractivity contribution in [2.24, 2.45) is 5.92 Å². The monoisotopic (exact) mass is 331 g/mol. The zero-order valence-corrected chi connectivity index (χ0v) is 13.5. The van der Waals surface area contributed by atoms with Gasteiger partial charge < -0.3 is 14.8 Å². The third kappa shape index (κ3) is 2.33. The van der Waals surface area contributed by atoms with Crippen LogP contribution in [0.2, 0.25) is 0 Å². The molecule has 0 spiro atoms. The lowest BCUT2D eigenvalue weighted by Crippen LogP contribution is -2.47. The normalized spacial score (nSPS) is 22.6. The van der Waals surface area contributed by atoms with Gasteiger partial charge in [-0.25, -0.2) is 0 Å². The SMILES string of the molecule is CNC(=O)c1nnsc1N1C[C@@H]2C[C@@H](C1)c1cccc(=O)n1C2. The zero-order chi connectivity index (χ0) is 16.0. The lowest BCUT2D eigenvalue weighted by Gasteiger charge is -2.43. The van der Waals surface area contributed by atoms with E-state index >= 15 is 0 Å². The molecular weight excluding hydrogens is 314 g/mol. The van der Waals surface area contributed by atoms with E-state index in [0.717, 1.165) is 36.8 Å². The number of hydrogen-bond acceptors (Lipinski definition) is 6. The summed E-state index contributed by atoms with van der Waals surface area (Å²) in [6, 6.07) is 5.49. The summed E-state index contributed by atoms with van der Waals surface area (Å²) in [6.07, 6.45) is 1.08. The molecule has 0 unspecified atom stereocenters. The molecule has 23 heavy (non-hydrogen) atoms. The average Bonchev–Trinajstić information content (AvgIpc) is 3.05. The summed E-state index contributed by atoms with van der Waals surface area (Å²) in [5.74, 6) is 0.498. The van der Waals surface area contributed by atoms with E-state index in [1.165, 1.54) is 11.5 Å². The van der Waals surface area contributed by atoms with E-state index in [1.54, 1.807) is 13.1 Å². The van der Waals surface area contributed by atoms with Crippen molar-refractivity contribution < 1.29 is 4.79 Å². The van der Waals surface area contributed by atoms with Crippen molar-refractivity contribution in [3.63, 3.8) is 0 Å². The second kappa shape index (κ2) is 5.45. The van der Waals surface area contributed by atoms with Gasteiger partial charge in [0.2, 0.25) is 0 Å². The summed E-state index contributed by atoms with van der Waals surface area (Å²) in [4.78, 5) is 26.2. The smallest absolute Gasteiger partial charge is 0.274 e. The van der Waals surface area contributed by atoms with Gasteiger partial charge in [-0.05, 0) is 18.4 Å². The number of anilines is 1. The van der Waals surface area contributed by atoms with Crippen LogP contribution in [0, 0.1) is 5.92 Å². The Kier molecular flexibility index (Phi) is 3.41. The quantitative estimate of drug-likeness (QED) is 0.875.